The van der Waals surface area contributed by atoms with Gasteiger partial charge in [-0.3, -0.25) is 4.79 Å². The van der Waals surface area contributed by atoms with Crippen LogP contribution in [0.1, 0.15) is 17.9 Å². The Morgan fingerprint density at radius 2 is 2.14 bits per heavy atom. The number of allylic oxidation sites excluding steroid dienone is 1. The van der Waals surface area contributed by atoms with E-state index in [4.69, 9.17) is 9.47 Å². The number of fused-ring (bicyclic) bond motifs is 1. The lowest BCUT2D eigenvalue weighted by molar-refractivity contribution is -0.115. The van der Waals surface area contributed by atoms with Crippen LogP contribution in [0.3, 0.4) is 0 Å². The first kappa shape index (κ1) is 13.5. The molecule has 21 heavy (non-hydrogen) atoms. The molecule has 1 heterocycles. The summed E-state index contributed by atoms with van der Waals surface area (Å²) in [4.78, 5) is 23.1. The molecule has 1 aromatic carbocycles. The highest BCUT2D eigenvalue weighted by atomic mass is 16.7. The standard InChI is InChI=1S/C15H15NO5/c1-19-15(18)16-12-4-3-10(17)7-11(12)9-2-5-13-14(6-9)21-8-20-13/h2-6,11-12H,7-8H2,1H3,(H,16,18)/t11-,12+/m1/s1. The van der Waals surface area contributed by atoms with Crippen molar-refractivity contribution in [3.63, 3.8) is 0 Å². The number of benzene rings is 1. The minimum Gasteiger partial charge on any atom is -0.454 e. The third-order valence-electron chi connectivity index (χ3n) is 3.64. The fourth-order valence-electron chi connectivity index (χ4n) is 2.57. The molecule has 2 aliphatic rings. The molecule has 6 heteroatoms. The Bertz CT molecular complexity index is 610. The average Bonchev–Trinajstić information content (AvgIpc) is 2.96. The van der Waals surface area contributed by atoms with Crippen molar-refractivity contribution in [2.45, 2.75) is 18.4 Å². The van der Waals surface area contributed by atoms with Gasteiger partial charge in [-0.2, -0.15) is 0 Å². The number of carbonyl (C=O) groups excluding carboxylic acids is 2. The van der Waals surface area contributed by atoms with Crippen molar-refractivity contribution in [2.75, 3.05) is 13.9 Å². The third kappa shape index (κ3) is 2.69. The quantitative estimate of drug-likeness (QED) is 0.898. The van der Waals surface area contributed by atoms with Crippen LogP contribution in [-0.2, 0) is 9.53 Å². The highest BCUT2D eigenvalue weighted by Crippen LogP contribution is 2.37. The van der Waals surface area contributed by atoms with Crippen LogP contribution in [0.5, 0.6) is 11.5 Å². The fraction of sp³-hybridized carbons (Fsp3) is 0.333. The molecule has 0 radical (unpaired) electrons. The lowest BCUT2D eigenvalue weighted by Crippen LogP contribution is -2.40. The summed E-state index contributed by atoms with van der Waals surface area (Å²) in [5.74, 6) is 1.22. The number of nitrogens with one attached hydrogen (secondary N) is 1. The van der Waals surface area contributed by atoms with Gasteiger partial charge in [0.2, 0.25) is 6.79 Å². The molecule has 1 aliphatic carbocycles. The molecule has 1 aliphatic heterocycles. The number of ketones is 1. The molecule has 0 bridgehead atoms. The van der Waals surface area contributed by atoms with Gasteiger partial charge in [0, 0.05) is 12.3 Å². The van der Waals surface area contributed by atoms with Gasteiger partial charge in [0.05, 0.1) is 13.2 Å². The predicted octanol–water partition coefficient (Wildman–Crippen LogP) is 1.75. The second kappa shape index (κ2) is 5.47. The molecule has 1 amide bonds. The minimum absolute atomic E-state index is 0.0283. The Morgan fingerprint density at radius 3 is 2.95 bits per heavy atom. The van der Waals surface area contributed by atoms with Crippen LogP contribution in [0.25, 0.3) is 0 Å². The second-order valence-electron chi connectivity index (χ2n) is 4.91. The summed E-state index contributed by atoms with van der Waals surface area (Å²) in [6, 6.07) is 5.26. The molecule has 0 saturated carbocycles. The summed E-state index contributed by atoms with van der Waals surface area (Å²) in [6.07, 6.45) is 2.98. The van der Waals surface area contributed by atoms with E-state index in [-0.39, 0.29) is 24.5 Å². The van der Waals surface area contributed by atoms with Crippen molar-refractivity contribution in [3.8, 4) is 11.5 Å². The van der Waals surface area contributed by atoms with Gasteiger partial charge in [0.25, 0.3) is 0 Å². The van der Waals surface area contributed by atoms with E-state index in [2.05, 4.69) is 10.1 Å². The summed E-state index contributed by atoms with van der Waals surface area (Å²) in [5, 5.41) is 2.73. The van der Waals surface area contributed by atoms with Gasteiger partial charge >= 0.3 is 6.09 Å². The highest BCUT2D eigenvalue weighted by molar-refractivity contribution is 5.91. The number of carbonyl (C=O) groups is 2. The summed E-state index contributed by atoms with van der Waals surface area (Å²) < 4.78 is 15.3. The molecule has 0 unspecified atom stereocenters. The van der Waals surface area contributed by atoms with Crippen LogP contribution in [0.4, 0.5) is 4.79 Å². The average molecular weight is 289 g/mol. The molecular formula is C15H15NO5. The Labute approximate surface area is 121 Å². The lowest BCUT2D eigenvalue weighted by atomic mass is 9.83. The normalized spacial score (nSPS) is 23.0. The van der Waals surface area contributed by atoms with E-state index in [0.29, 0.717) is 17.9 Å². The maximum absolute atomic E-state index is 11.7. The van der Waals surface area contributed by atoms with Gasteiger partial charge in [-0.1, -0.05) is 12.1 Å². The zero-order valence-corrected chi connectivity index (χ0v) is 11.5. The number of rotatable bonds is 2. The molecule has 0 fully saturated rings. The number of alkyl carbamates (subject to hydrolysis) is 1. The van der Waals surface area contributed by atoms with Crippen molar-refractivity contribution in [2.24, 2.45) is 0 Å². The third-order valence-corrected chi connectivity index (χ3v) is 3.64. The number of hydrogen-bond donors (Lipinski definition) is 1. The van der Waals surface area contributed by atoms with Gasteiger partial charge in [0.1, 0.15) is 0 Å². The number of amides is 1. The van der Waals surface area contributed by atoms with Crippen molar-refractivity contribution >= 4 is 11.9 Å². The van der Waals surface area contributed by atoms with Gasteiger partial charge in [-0.15, -0.1) is 0 Å². The highest BCUT2D eigenvalue weighted by Gasteiger charge is 2.29. The Hall–Kier alpha value is -2.50. The molecule has 110 valence electrons. The first-order valence-corrected chi connectivity index (χ1v) is 6.62. The maximum Gasteiger partial charge on any atom is 0.407 e. The largest absolute Gasteiger partial charge is 0.454 e. The van der Waals surface area contributed by atoms with E-state index in [0.717, 1.165) is 5.56 Å². The Kier molecular flexibility index (Phi) is 3.51. The van der Waals surface area contributed by atoms with Crippen LogP contribution in [0.15, 0.2) is 30.4 Å². The zero-order chi connectivity index (χ0) is 14.8. The fourth-order valence-corrected chi connectivity index (χ4v) is 2.57. The first-order valence-electron chi connectivity index (χ1n) is 6.62. The van der Waals surface area contributed by atoms with Crippen molar-refractivity contribution in [1.29, 1.82) is 0 Å². The summed E-state index contributed by atoms with van der Waals surface area (Å²) in [7, 11) is 1.31. The maximum atomic E-state index is 11.7. The molecule has 3 rings (SSSR count). The molecule has 1 N–H and O–H groups in total. The summed E-state index contributed by atoms with van der Waals surface area (Å²) in [6.45, 7) is 0.201. The lowest BCUT2D eigenvalue weighted by Gasteiger charge is -2.27. The van der Waals surface area contributed by atoms with Gasteiger partial charge in [0.15, 0.2) is 17.3 Å². The monoisotopic (exact) mass is 289 g/mol. The van der Waals surface area contributed by atoms with E-state index in [1.807, 2.05) is 18.2 Å². The molecule has 0 spiro atoms. The zero-order valence-electron chi connectivity index (χ0n) is 11.5. The van der Waals surface area contributed by atoms with Crippen LogP contribution in [0, 0.1) is 0 Å². The number of methoxy groups -OCH3 is 1. The van der Waals surface area contributed by atoms with Crippen molar-refractivity contribution in [1.82, 2.24) is 5.32 Å². The van der Waals surface area contributed by atoms with E-state index < -0.39 is 6.09 Å². The topological polar surface area (TPSA) is 73.9 Å². The van der Waals surface area contributed by atoms with E-state index in [1.165, 1.54) is 13.2 Å². The van der Waals surface area contributed by atoms with Gasteiger partial charge in [-0.25, -0.2) is 4.79 Å². The van der Waals surface area contributed by atoms with E-state index in [1.54, 1.807) is 6.08 Å². The number of ether oxygens (including phenoxy) is 3. The van der Waals surface area contributed by atoms with Crippen LogP contribution in [-0.4, -0.2) is 31.8 Å². The minimum atomic E-state index is -0.523. The second-order valence-corrected chi connectivity index (χ2v) is 4.91. The molecule has 2 atom stereocenters. The molecular weight excluding hydrogens is 274 g/mol. The summed E-state index contributed by atoms with van der Waals surface area (Å²) in [5.41, 5.74) is 0.915. The van der Waals surface area contributed by atoms with Crippen LogP contribution in [0.2, 0.25) is 0 Å². The summed E-state index contributed by atoms with van der Waals surface area (Å²) >= 11 is 0. The smallest absolute Gasteiger partial charge is 0.407 e. The van der Waals surface area contributed by atoms with Gasteiger partial charge < -0.3 is 19.5 Å². The van der Waals surface area contributed by atoms with Gasteiger partial charge in [-0.05, 0) is 23.8 Å². The molecule has 1 aromatic rings. The number of hydrogen-bond acceptors (Lipinski definition) is 5. The van der Waals surface area contributed by atoms with Crippen molar-refractivity contribution in [3.05, 3.63) is 35.9 Å². The Balaban J connectivity index is 1.88. The van der Waals surface area contributed by atoms with Crippen LogP contribution < -0.4 is 14.8 Å². The first-order chi connectivity index (χ1) is 10.2. The Morgan fingerprint density at radius 1 is 1.33 bits per heavy atom. The molecule has 0 aromatic heterocycles. The molecule has 6 nitrogen and oxygen atoms in total. The van der Waals surface area contributed by atoms with E-state index >= 15 is 0 Å². The van der Waals surface area contributed by atoms with Crippen molar-refractivity contribution < 1.29 is 23.8 Å². The van der Waals surface area contributed by atoms with Crippen LogP contribution >= 0.6 is 0 Å². The molecule has 0 saturated heterocycles. The SMILES string of the molecule is COC(=O)N[C@H]1C=CC(=O)C[C@@H]1c1ccc2c(c1)OCO2. The predicted molar refractivity (Wildman–Crippen MR) is 73.4 cm³/mol. The van der Waals surface area contributed by atoms with E-state index in [9.17, 15) is 9.59 Å².